The summed E-state index contributed by atoms with van der Waals surface area (Å²) in [4.78, 5) is 10.2. The predicted octanol–water partition coefficient (Wildman–Crippen LogP) is 0.0617. The van der Waals surface area contributed by atoms with Crippen LogP contribution in [0.15, 0.2) is 17.0 Å². The highest BCUT2D eigenvalue weighted by Gasteiger charge is 2.25. The summed E-state index contributed by atoms with van der Waals surface area (Å²) >= 11 is 0. The van der Waals surface area contributed by atoms with Crippen LogP contribution in [0.2, 0.25) is 0 Å². The van der Waals surface area contributed by atoms with Gasteiger partial charge in [0.05, 0.1) is 5.92 Å². The van der Waals surface area contributed by atoms with Gasteiger partial charge in [-0.3, -0.25) is 4.79 Å². The molecule has 1 atom stereocenters. The largest absolute Gasteiger partial charge is 0.508 e. The molecule has 0 saturated heterocycles. The summed E-state index contributed by atoms with van der Waals surface area (Å²) in [6.45, 7) is -0.347. The first kappa shape index (κ1) is 14.4. The normalized spacial score (nSPS) is 13.3. The standard InChI is InChI=1S/C10H12FNO5S/c1-18(16,17)9-3-8(13)5(2-7(9)11)6(4-12)10(14)15/h2-3,6,13H,4,12H2,1H3,(H,14,15). The first-order valence-electron chi connectivity index (χ1n) is 4.83. The molecule has 0 fully saturated rings. The predicted molar refractivity (Wildman–Crippen MR) is 60.6 cm³/mol. The van der Waals surface area contributed by atoms with Gasteiger partial charge in [-0.05, 0) is 6.07 Å². The summed E-state index contributed by atoms with van der Waals surface area (Å²) in [5.41, 5.74) is 4.96. The molecule has 8 heteroatoms. The van der Waals surface area contributed by atoms with Crippen molar-refractivity contribution in [2.24, 2.45) is 5.73 Å². The van der Waals surface area contributed by atoms with Gasteiger partial charge in [0.15, 0.2) is 9.84 Å². The molecule has 0 heterocycles. The number of sulfone groups is 1. The molecule has 1 rings (SSSR count). The molecule has 4 N–H and O–H groups in total. The summed E-state index contributed by atoms with van der Waals surface area (Å²) in [5, 5.41) is 18.4. The Morgan fingerprint density at radius 1 is 1.50 bits per heavy atom. The number of carboxylic acid groups (broad SMARTS) is 1. The maximum atomic E-state index is 13.6. The van der Waals surface area contributed by atoms with Crippen LogP contribution in [0.1, 0.15) is 11.5 Å². The maximum Gasteiger partial charge on any atom is 0.312 e. The quantitative estimate of drug-likeness (QED) is 0.716. The van der Waals surface area contributed by atoms with E-state index in [1.165, 1.54) is 0 Å². The summed E-state index contributed by atoms with van der Waals surface area (Å²) in [5.74, 6) is -4.37. The number of phenolic OH excluding ortho intramolecular Hbond substituents is 1. The zero-order valence-electron chi connectivity index (χ0n) is 9.42. The Morgan fingerprint density at radius 3 is 2.44 bits per heavy atom. The fourth-order valence-electron chi connectivity index (χ4n) is 1.48. The van der Waals surface area contributed by atoms with E-state index in [-0.39, 0.29) is 12.1 Å². The van der Waals surface area contributed by atoms with Crippen molar-refractivity contribution in [1.82, 2.24) is 0 Å². The number of aromatic hydroxyl groups is 1. The summed E-state index contributed by atoms with van der Waals surface area (Å²) in [6, 6.07) is 1.36. The van der Waals surface area contributed by atoms with Crippen LogP contribution in [0.4, 0.5) is 4.39 Å². The second-order valence-electron chi connectivity index (χ2n) is 3.74. The molecule has 0 amide bonds. The number of rotatable bonds is 4. The van der Waals surface area contributed by atoms with Crippen molar-refractivity contribution < 1.29 is 27.8 Å². The monoisotopic (exact) mass is 277 g/mol. The van der Waals surface area contributed by atoms with Gasteiger partial charge in [0.1, 0.15) is 16.5 Å². The highest BCUT2D eigenvalue weighted by molar-refractivity contribution is 7.90. The molecular formula is C10H12FNO5S. The molecule has 100 valence electrons. The fourth-order valence-corrected chi connectivity index (χ4v) is 2.22. The molecule has 0 radical (unpaired) electrons. The third-order valence-corrected chi connectivity index (χ3v) is 3.50. The minimum atomic E-state index is -3.84. The van der Waals surface area contributed by atoms with E-state index < -0.39 is 38.2 Å². The number of hydrogen-bond donors (Lipinski definition) is 3. The molecule has 0 aliphatic carbocycles. The average Bonchev–Trinajstić information content (AvgIpc) is 2.21. The van der Waals surface area contributed by atoms with E-state index in [0.29, 0.717) is 12.1 Å². The van der Waals surface area contributed by atoms with E-state index in [1.807, 2.05) is 0 Å². The Balaban J connectivity index is 3.44. The zero-order chi connectivity index (χ0) is 14.1. The highest BCUT2D eigenvalue weighted by atomic mass is 32.2. The van der Waals surface area contributed by atoms with Gasteiger partial charge in [-0.15, -0.1) is 0 Å². The summed E-state index contributed by atoms with van der Waals surface area (Å²) in [7, 11) is -3.84. The minimum absolute atomic E-state index is 0.255. The summed E-state index contributed by atoms with van der Waals surface area (Å²) < 4.78 is 36.0. The van der Waals surface area contributed by atoms with Crippen molar-refractivity contribution in [3.63, 3.8) is 0 Å². The van der Waals surface area contributed by atoms with Crippen LogP contribution in [-0.2, 0) is 14.6 Å². The van der Waals surface area contributed by atoms with E-state index in [1.54, 1.807) is 0 Å². The topological polar surface area (TPSA) is 118 Å². The second kappa shape index (κ2) is 4.91. The van der Waals surface area contributed by atoms with Crippen LogP contribution in [0.5, 0.6) is 5.75 Å². The van der Waals surface area contributed by atoms with E-state index in [0.717, 1.165) is 6.26 Å². The number of aliphatic carboxylic acids is 1. The number of nitrogens with two attached hydrogens (primary N) is 1. The van der Waals surface area contributed by atoms with Gasteiger partial charge in [-0.25, -0.2) is 12.8 Å². The molecule has 1 aromatic carbocycles. The fraction of sp³-hybridized carbons (Fsp3) is 0.300. The summed E-state index contributed by atoms with van der Waals surface area (Å²) in [6.07, 6.45) is 0.780. The van der Waals surface area contributed by atoms with Crippen LogP contribution in [-0.4, -0.2) is 37.4 Å². The molecule has 0 aliphatic rings. The number of halogens is 1. The molecule has 0 bridgehead atoms. The highest BCUT2D eigenvalue weighted by Crippen LogP contribution is 2.30. The van der Waals surface area contributed by atoms with Crippen molar-refractivity contribution in [2.75, 3.05) is 12.8 Å². The molecular weight excluding hydrogens is 265 g/mol. The van der Waals surface area contributed by atoms with Gasteiger partial charge in [0, 0.05) is 24.4 Å². The Kier molecular flexibility index (Phi) is 3.92. The molecule has 0 spiro atoms. The van der Waals surface area contributed by atoms with Crippen LogP contribution in [0.25, 0.3) is 0 Å². The molecule has 0 aromatic heterocycles. The van der Waals surface area contributed by atoms with Crippen molar-refractivity contribution in [3.8, 4) is 5.75 Å². The number of hydrogen-bond acceptors (Lipinski definition) is 5. The van der Waals surface area contributed by atoms with Gasteiger partial charge in [0.25, 0.3) is 0 Å². The smallest absolute Gasteiger partial charge is 0.312 e. The Hall–Kier alpha value is -1.67. The molecule has 6 nitrogen and oxygen atoms in total. The van der Waals surface area contributed by atoms with E-state index in [9.17, 15) is 22.7 Å². The molecule has 0 saturated carbocycles. The molecule has 18 heavy (non-hydrogen) atoms. The lowest BCUT2D eigenvalue weighted by molar-refractivity contribution is -0.138. The zero-order valence-corrected chi connectivity index (χ0v) is 10.2. The van der Waals surface area contributed by atoms with E-state index in [4.69, 9.17) is 10.8 Å². The number of benzene rings is 1. The van der Waals surface area contributed by atoms with Gasteiger partial charge in [-0.2, -0.15) is 0 Å². The number of phenols is 1. The van der Waals surface area contributed by atoms with E-state index in [2.05, 4.69) is 0 Å². The SMILES string of the molecule is CS(=O)(=O)c1cc(O)c(C(CN)C(=O)O)cc1F. The lowest BCUT2D eigenvalue weighted by Crippen LogP contribution is -2.21. The van der Waals surface area contributed by atoms with Crippen LogP contribution in [0.3, 0.4) is 0 Å². The second-order valence-corrected chi connectivity index (χ2v) is 5.72. The van der Waals surface area contributed by atoms with E-state index >= 15 is 0 Å². The van der Waals surface area contributed by atoms with Crippen LogP contribution in [0, 0.1) is 5.82 Å². The maximum absolute atomic E-state index is 13.6. The Bertz CT molecular complexity index is 584. The van der Waals surface area contributed by atoms with Crippen molar-refractivity contribution in [1.29, 1.82) is 0 Å². The third-order valence-electron chi connectivity index (χ3n) is 2.39. The Morgan fingerprint density at radius 2 is 2.06 bits per heavy atom. The van der Waals surface area contributed by atoms with Gasteiger partial charge < -0.3 is 15.9 Å². The number of carboxylic acids is 1. The lowest BCUT2D eigenvalue weighted by atomic mass is 9.98. The molecule has 1 unspecified atom stereocenters. The van der Waals surface area contributed by atoms with Crippen molar-refractivity contribution >= 4 is 15.8 Å². The van der Waals surface area contributed by atoms with Crippen LogP contribution >= 0.6 is 0 Å². The van der Waals surface area contributed by atoms with Crippen molar-refractivity contribution in [3.05, 3.63) is 23.5 Å². The lowest BCUT2D eigenvalue weighted by Gasteiger charge is -2.13. The molecule has 0 aliphatic heterocycles. The number of carbonyl (C=O) groups is 1. The third kappa shape index (κ3) is 2.77. The van der Waals surface area contributed by atoms with Crippen molar-refractivity contribution in [2.45, 2.75) is 10.8 Å². The van der Waals surface area contributed by atoms with Gasteiger partial charge in [-0.1, -0.05) is 0 Å². The first-order valence-corrected chi connectivity index (χ1v) is 6.73. The average molecular weight is 277 g/mol. The first-order chi connectivity index (χ1) is 8.18. The van der Waals surface area contributed by atoms with Crippen LogP contribution < -0.4 is 5.73 Å². The Labute approximate surface area is 103 Å². The van der Waals surface area contributed by atoms with Gasteiger partial charge >= 0.3 is 5.97 Å². The van der Waals surface area contributed by atoms with Gasteiger partial charge in [0.2, 0.25) is 0 Å². The molecule has 1 aromatic rings. The minimum Gasteiger partial charge on any atom is -0.508 e.